The zero-order chi connectivity index (χ0) is 24.7. The van der Waals surface area contributed by atoms with E-state index in [1.54, 1.807) is 6.07 Å². The molecular formula is C27H33ClF3NO3. The summed E-state index contributed by atoms with van der Waals surface area (Å²) in [5, 5.41) is 14.6. The summed E-state index contributed by atoms with van der Waals surface area (Å²) in [4.78, 5) is 13.1. The minimum Gasteiger partial charge on any atom is -0.390 e. The lowest BCUT2D eigenvalue weighted by molar-refractivity contribution is -0.137. The van der Waals surface area contributed by atoms with Crippen molar-refractivity contribution in [1.82, 2.24) is 5.32 Å². The molecule has 4 aliphatic rings. The molecule has 0 amide bonds. The van der Waals surface area contributed by atoms with Crippen LogP contribution < -0.4 is 5.32 Å². The SMILES string of the molecule is O=C1C2CCC(Cl)CC2NC2/C(=C/C3CCC(OCc4cccc(C(F)(F)F)c4)C(O)C3)CCC12. The lowest BCUT2D eigenvalue weighted by Gasteiger charge is -2.43. The first-order valence-corrected chi connectivity index (χ1v) is 13.2. The van der Waals surface area contributed by atoms with Gasteiger partial charge in [0.05, 0.1) is 24.4 Å². The van der Waals surface area contributed by atoms with Gasteiger partial charge in [-0.3, -0.25) is 4.79 Å². The van der Waals surface area contributed by atoms with Crippen molar-refractivity contribution in [2.75, 3.05) is 0 Å². The lowest BCUT2D eigenvalue weighted by atomic mass is 9.72. The number of allylic oxidation sites excluding steroid dienone is 1. The average Bonchev–Trinajstić information content (AvgIpc) is 3.21. The molecule has 1 aliphatic heterocycles. The van der Waals surface area contributed by atoms with Gasteiger partial charge in [0, 0.05) is 29.3 Å². The van der Waals surface area contributed by atoms with Crippen LogP contribution >= 0.6 is 11.6 Å². The fourth-order valence-corrected chi connectivity index (χ4v) is 6.93. The summed E-state index contributed by atoms with van der Waals surface area (Å²) in [7, 11) is 0. The van der Waals surface area contributed by atoms with E-state index in [1.165, 1.54) is 11.6 Å². The number of hydrogen-bond donors (Lipinski definition) is 2. The van der Waals surface area contributed by atoms with Gasteiger partial charge in [-0.1, -0.05) is 23.8 Å². The number of ketones is 1. The standard InChI is InChI=1S/C27H33ClF3NO3/c28-19-6-8-20-22(13-19)32-25-17(5-7-21(25)26(20)34)10-15-4-9-24(23(33)12-15)35-14-16-2-1-3-18(11-16)27(29,30)31/h1-3,10-11,15,19-25,32-33H,4-9,12-14H2/b17-10+. The molecule has 3 aliphatic carbocycles. The van der Waals surface area contributed by atoms with Crippen LogP contribution in [-0.4, -0.2) is 40.6 Å². The molecule has 1 aromatic carbocycles. The van der Waals surface area contributed by atoms with E-state index in [2.05, 4.69) is 11.4 Å². The van der Waals surface area contributed by atoms with Gasteiger partial charge >= 0.3 is 6.18 Å². The number of carbonyl (C=O) groups is 1. The molecule has 4 fully saturated rings. The zero-order valence-corrected chi connectivity index (χ0v) is 20.4. The molecule has 8 unspecified atom stereocenters. The van der Waals surface area contributed by atoms with E-state index < -0.39 is 23.9 Å². The van der Waals surface area contributed by atoms with Crippen LogP contribution in [0.15, 0.2) is 35.9 Å². The molecule has 1 heterocycles. The van der Waals surface area contributed by atoms with Crippen LogP contribution in [0.2, 0.25) is 0 Å². The number of rotatable bonds is 4. The Hall–Kier alpha value is -1.41. The second kappa shape index (κ2) is 10.2. The third-order valence-electron chi connectivity index (χ3n) is 8.42. The zero-order valence-electron chi connectivity index (χ0n) is 19.6. The summed E-state index contributed by atoms with van der Waals surface area (Å²) in [5.41, 5.74) is 1.03. The number of hydrogen-bond acceptors (Lipinski definition) is 4. The first-order valence-electron chi connectivity index (χ1n) is 12.8. The monoisotopic (exact) mass is 511 g/mol. The number of benzene rings is 1. The molecule has 35 heavy (non-hydrogen) atoms. The molecule has 5 rings (SSSR count). The summed E-state index contributed by atoms with van der Waals surface area (Å²) in [6.07, 6.45) is 3.26. The van der Waals surface area contributed by atoms with Crippen molar-refractivity contribution in [2.45, 2.75) is 93.8 Å². The van der Waals surface area contributed by atoms with Crippen LogP contribution in [0.4, 0.5) is 13.2 Å². The second-order valence-electron chi connectivity index (χ2n) is 10.7. The maximum absolute atomic E-state index is 13.1. The van der Waals surface area contributed by atoms with Crippen molar-refractivity contribution in [2.24, 2.45) is 17.8 Å². The normalized spacial score (nSPS) is 38.9. The molecule has 4 nitrogen and oxygen atoms in total. The molecule has 8 atom stereocenters. The molecule has 2 N–H and O–H groups in total. The fraction of sp³-hybridized carbons (Fsp3) is 0.667. The first-order chi connectivity index (χ1) is 16.7. The number of aliphatic hydroxyl groups excluding tert-OH is 1. The van der Waals surface area contributed by atoms with Gasteiger partial charge in [0.15, 0.2) is 0 Å². The summed E-state index contributed by atoms with van der Waals surface area (Å²) in [6, 6.07) is 5.37. The number of carbonyl (C=O) groups excluding carboxylic acids is 1. The average molecular weight is 512 g/mol. The molecule has 1 saturated heterocycles. The number of Topliss-reactive ketones (excluding diaryl/α,β-unsaturated/α-hetero) is 1. The van der Waals surface area contributed by atoms with Crippen molar-refractivity contribution < 1.29 is 27.8 Å². The van der Waals surface area contributed by atoms with Gasteiger partial charge in [-0.15, -0.1) is 11.6 Å². The minimum atomic E-state index is -4.39. The number of alkyl halides is 4. The fourth-order valence-electron chi connectivity index (χ4n) is 6.61. The smallest absolute Gasteiger partial charge is 0.390 e. The van der Waals surface area contributed by atoms with Gasteiger partial charge in [-0.05, 0) is 75.0 Å². The molecular weight excluding hydrogens is 479 g/mol. The van der Waals surface area contributed by atoms with Gasteiger partial charge in [0.2, 0.25) is 0 Å². The largest absolute Gasteiger partial charge is 0.416 e. The highest BCUT2D eigenvalue weighted by molar-refractivity contribution is 6.20. The molecule has 1 aromatic rings. The minimum absolute atomic E-state index is 0.0390. The van der Waals surface area contributed by atoms with Crippen LogP contribution in [-0.2, 0) is 22.3 Å². The van der Waals surface area contributed by atoms with Crippen molar-refractivity contribution in [3.63, 3.8) is 0 Å². The lowest BCUT2D eigenvalue weighted by Crippen LogP contribution is -2.58. The molecule has 192 valence electrons. The van der Waals surface area contributed by atoms with Gasteiger partial charge < -0.3 is 15.2 Å². The predicted molar refractivity (Wildman–Crippen MR) is 127 cm³/mol. The number of piperidine rings is 1. The highest BCUT2D eigenvalue weighted by Gasteiger charge is 2.49. The van der Waals surface area contributed by atoms with Crippen molar-refractivity contribution in [3.8, 4) is 0 Å². The van der Waals surface area contributed by atoms with Gasteiger partial charge in [-0.25, -0.2) is 0 Å². The van der Waals surface area contributed by atoms with E-state index in [0.717, 1.165) is 50.7 Å². The quantitative estimate of drug-likeness (QED) is 0.419. The van der Waals surface area contributed by atoms with Gasteiger partial charge in [0.25, 0.3) is 0 Å². The summed E-state index contributed by atoms with van der Waals surface area (Å²) < 4.78 is 44.7. The summed E-state index contributed by atoms with van der Waals surface area (Å²) in [6.45, 7) is 0.0390. The molecule has 8 heteroatoms. The predicted octanol–water partition coefficient (Wildman–Crippen LogP) is 5.41. The Morgan fingerprint density at radius 2 is 1.94 bits per heavy atom. The Labute approximate surface area is 209 Å². The van der Waals surface area contributed by atoms with Crippen molar-refractivity contribution in [3.05, 3.63) is 47.0 Å². The van der Waals surface area contributed by atoms with Crippen LogP contribution in [0.25, 0.3) is 0 Å². The van der Waals surface area contributed by atoms with E-state index in [4.69, 9.17) is 16.3 Å². The van der Waals surface area contributed by atoms with E-state index in [9.17, 15) is 23.1 Å². The van der Waals surface area contributed by atoms with Crippen LogP contribution in [0.5, 0.6) is 0 Å². The molecule has 0 bridgehead atoms. The van der Waals surface area contributed by atoms with Crippen molar-refractivity contribution in [1.29, 1.82) is 0 Å². The number of nitrogens with one attached hydrogen (secondary N) is 1. The van der Waals surface area contributed by atoms with Crippen LogP contribution in [0, 0.1) is 17.8 Å². The number of aliphatic hydroxyl groups is 1. The third-order valence-corrected chi connectivity index (χ3v) is 8.82. The maximum Gasteiger partial charge on any atom is 0.416 e. The van der Waals surface area contributed by atoms with Crippen LogP contribution in [0.1, 0.15) is 62.5 Å². The van der Waals surface area contributed by atoms with E-state index in [1.807, 2.05) is 0 Å². The van der Waals surface area contributed by atoms with Gasteiger partial charge in [-0.2, -0.15) is 13.2 Å². The Morgan fingerprint density at radius 1 is 1.11 bits per heavy atom. The molecule has 0 spiro atoms. The van der Waals surface area contributed by atoms with Crippen LogP contribution in [0.3, 0.4) is 0 Å². The van der Waals surface area contributed by atoms with E-state index in [0.29, 0.717) is 24.2 Å². The number of fused-ring (bicyclic) bond motifs is 2. The highest BCUT2D eigenvalue weighted by Crippen LogP contribution is 2.43. The Morgan fingerprint density at radius 3 is 2.71 bits per heavy atom. The Bertz CT molecular complexity index is 967. The third kappa shape index (κ3) is 5.48. The first kappa shape index (κ1) is 25.2. The highest BCUT2D eigenvalue weighted by atomic mass is 35.5. The number of halogens is 4. The Balaban J connectivity index is 1.17. The van der Waals surface area contributed by atoms with Gasteiger partial charge in [0.1, 0.15) is 5.78 Å². The summed E-state index contributed by atoms with van der Waals surface area (Å²) in [5.74, 6) is 0.745. The summed E-state index contributed by atoms with van der Waals surface area (Å²) >= 11 is 6.39. The molecule has 0 radical (unpaired) electrons. The van der Waals surface area contributed by atoms with Crippen molar-refractivity contribution >= 4 is 17.4 Å². The molecule has 3 saturated carbocycles. The number of ether oxygens (including phenoxy) is 1. The Kier molecular flexibility index (Phi) is 7.33. The second-order valence-corrected chi connectivity index (χ2v) is 11.4. The van der Waals surface area contributed by atoms with E-state index in [-0.39, 0.29) is 41.8 Å². The van der Waals surface area contributed by atoms with E-state index >= 15 is 0 Å². The topological polar surface area (TPSA) is 58.6 Å². The molecule has 0 aromatic heterocycles. The maximum atomic E-state index is 13.1.